The Balaban J connectivity index is 1.64. The lowest BCUT2D eigenvalue weighted by Crippen LogP contribution is -2.54. The van der Waals surface area contributed by atoms with Crippen LogP contribution in [0.3, 0.4) is 0 Å². The van der Waals surface area contributed by atoms with E-state index in [1.807, 2.05) is 57.2 Å². The molecule has 1 aliphatic rings. The zero-order chi connectivity index (χ0) is 24.9. The number of carbonyl (C=O) groups excluding carboxylic acids is 2. The van der Waals surface area contributed by atoms with E-state index < -0.39 is 35.5 Å². The summed E-state index contributed by atoms with van der Waals surface area (Å²) in [6, 6.07) is 15.2. The highest BCUT2D eigenvalue weighted by atomic mass is 16.5. The summed E-state index contributed by atoms with van der Waals surface area (Å²) in [4.78, 5) is 36.5. The van der Waals surface area contributed by atoms with E-state index in [4.69, 9.17) is 14.6 Å². The SMILES string of the molecule is COC(CNC(=O)C(NC(=O)OCC1c2ccccc2-c2ccccc21)C(C)(C)C)CC(=O)O. The number of carboxylic acid groups (broad SMARTS) is 1. The van der Waals surface area contributed by atoms with Crippen molar-refractivity contribution in [3.8, 4) is 11.1 Å². The van der Waals surface area contributed by atoms with Gasteiger partial charge in [0.2, 0.25) is 5.91 Å². The van der Waals surface area contributed by atoms with Crippen molar-refractivity contribution in [3.63, 3.8) is 0 Å². The summed E-state index contributed by atoms with van der Waals surface area (Å²) in [5.41, 5.74) is 3.86. The highest BCUT2D eigenvalue weighted by Crippen LogP contribution is 2.44. The van der Waals surface area contributed by atoms with E-state index in [0.717, 1.165) is 22.3 Å². The third-order valence-electron chi connectivity index (χ3n) is 5.97. The van der Waals surface area contributed by atoms with Gasteiger partial charge in [-0.3, -0.25) is 9.59 Å². The molecule has 0 aromatic heterocycles. The standard InChI is InChI=1S/C26H32N2O6/c1-26(2,3)23(24(31)27-14-16(33-4)13-22(29)30)28-25(32)34-15-21-19-11-7-5-9-17(19)18-10-6-8-12-20(18)21/h5-12,16,21,23H,13-15H2,1-4H3,(H,27,31)(H,28,32)(H,29,30). The number of methoxy groups -OCH3 is 1. The van der Waals surface area contributed by atoms with E-state index in [-0.39, 0.29) is 25.5 Å². The molecule has 0 spiro atoms. The van der Waals surface area contributed by atoms with Crippen LogP contribution in [0.4, 0.5) is 4.79 Å². The van der Waals surface area contributed by atoms with Crippen LogP contribution in [-0.4, -0.2) is 55.5 Å². The first-order valence-corrected chi connectivity index (χ1v) is 11.3. The molecule has 0 bridgehead atoms. The van der Waals surface area contributed by atoms with Crippen LogP contribution in [0.5, 0.6) is 0 Å². The van der Waals surface area contributed by atoms with Gasteiger partial charge in [-0.25, -0.2) is 4.79 Å². The number of amides is 2. The maximum absolute atomic E-state index is 12.8. The highest BCUT2D eigenvalue weighted by molar-refractivity contribution is 5.86. The molecule has 0 radical (unpaired) electrons. The molecule has 2 atom stereocenters. The zero-order valence-corrected chi connectivity index (χ0v) is 20.0. The van der Waals surface area contributed by atoms with E-state index in [1.165, 1.54) is 7.11 Å². The summed E-state index contributed by atoms with van der Waals surface area (Å²) in [7, 11) is 1.38. The van der Waals surface area contributed by atoms with Crippen molar-refractivity contribution in [2.24, 2.45) is 5.41 Å². The number of fused-ring (bicyclic) bond motifs is 3. The lowest BCUT2D eigenvalue weighted by Gasteiger charge is -2.30. The smallest absolute Gasteiger partial charge is 0.407 e. The number of rotatable bonds is 9. The van der Waals surface area contributed by atoms with Gasteiger partial charge >= 0.3 is 12.1 Å². The predicted octanol–water partition coefficient (Wildman–Crippen LogP) is 3.55. The molecule has 182 valence electrons. The molecule has 2 amide bonds. The number of hydrogen-bond acceptors (Lipinski definition) is 5. The summed E-state index contributed by atoms with van der Waals surface area (Å²) in [5.74, 6) is -1.54. The fraction of sp³-hybridized carbons (Fsp3) is 0.423. The molecule has 0 saturated carbocycles. The van der Waals surface area contributed by atoms with Crippen LogP contribution >= 0.6 is 0 Å². The second-order valence-corrected chi connectivity index (χ2v) is 9.47. The maximum Gasteiger partial charge on any atom is 0.407 e. The van der Waals surface area contributed by atoms with Crippen molar-refractivity contribution in [2.75, 3.05) is 20.3 Å². The van der Waals surface area contributed by atoms with Crippen molar-refractivity contribution in [3.05, 3.63) is 59.7 Å². The summed E-state index contributed by atoms with van der Waals surface area (Å²) < 4.78 is 10.7. The number of hydrogen-bond donors (Lipinski definition) is 3. The van der Waals surface area contributed by atoms with Crippen LogP contribution in [0.2, 0.25) is 0 Å². The molecule has 8 heteroatoms. The summed E-state index contributed by atoms with van der Waals surface area (Å²) >= 11 is 0. The second kappa shape index (κ2) is 10.7. The molecule has 2 aromatic rings. The minimum Gasteiger partial charge on any atom is -0.481 e. The van der Waals surface area contributed by atoms with Gasteiger partial charge < -0.3 is 25.2 Å². The first kappa shape index (κ1) is 25.2. The number of ether oxygens (including phenoxy) is 2. The van der Waals surface area contributed by atoms with Crippen molar-refractivity contribution < 1.29 is 29.0 Å². The van der Waals surface area contributed by atoms with Crippen LogP contribution in [0.15, 0.2) is 48.5 Å². The Morgan fingerprint density at radius 2 is 1.56 bits per heavy atom. The monoisotopic (exact) mass is 468 g/mol. The van der Waals surface area contributed by atoms with E-state index >= 15 is 0 Å². The van der Waals surface area contributed by atoms with Crippen LogP contribution < -0.4 is 10.6 Å². The van der Waals surface area contributed by atoms with E-state index in [9.17, 15) is 14.4 Å². The molecular weight excluding hydrogens is 436 g/mol. The fourth-order valence-electron chi connectivity index (χ4n) is 4.18. The van der Waals surface area contributed by atoms with Crippen LogP contribution in [0.1, 0.15) is 44.2 Å². The molecule has 3 N–H and O–H groups in total. The lowest BCUT2D eigenvalue weighted by atomic mass is 9.86. The topological polar surface area (TPSA) is 114 Å². The van der Waals surface area contributed by atoms with Gasteiger partial charge in [-0.2, -0.15) is 0 Å². The van der Waals surface area contributed by atoms with E-state index in [2.05, 4.69) is 22.8 Å². The first-order valence-electron chi connectivity index (χ1n) is 11.3. The first-order chi connectivity index (χ1) is 16.1. The number of alkyl carbamates (subject to hydrolysis) is 1. The van der Waals surface area contributed by atoms with Gasteiger partial charge in [-0.15, -0.1) is 0 Å². The maximum atomic E-state index is 12.8. The van der Waals surface area contributed by atoms with Gasteiger partial charge in [-0.1, -0.05) is 69.3 Å². The Hall–Kier alpha value is -3.39. The van der Waals surface area contributed by atoms with Gasteiger partial charge in [0.05, 0.1) is 12.5 Å². The molecule has 1 aliphatic carbocycles. The third kappa shape index (κ3) is 5.94. The van der Waals surface area contributed by atoms with Gasteiger partial charge in [0.15, 0.2) is 0 Å². The van der Waals surface area contributed by atoms with E-state index in [1.54, 1.807) is 0 Å². The van der Waals surface area contributed by atoms with Gasteiger partial charge in [0, 0.05) is 19.6 Å². The van der Waals surface area contributed by atoms with Gasteiger partial charge in [-0.05, 0) is 27.7 Å². The summed E-state index contributed by atoms with van der Waals surface area (Å²) in [6.45, 7) is 5.63. The van der Waals surface area contributed by atoms with Crippen LogP contribution in [0.25, 0.3) is 11.1 Å². The largest absolute Gasteiger partial charge is 0.481 e. The minimum absolute atomic E-state index is 0.0145. The highest BCUT2D eigenvalue weighted by Gasteiger charge is 2.34. The Kier molecular flexibility index (Phi) is 7.94. The van der Waals surface area contributed by atoms with Crippen molar-refractivity contribution >= 4 is 18.0 Å². The second-order valence-electron chi connectivity index (χ2n) is 9.47. The molecule has 0 heterocycles. The molecule has 2 aromatic carbocycles. The molecule has 2 unspecified atom stereocenters. The zero-order valence-electron chi connectivity index (χ0n) is 20.0. The quantitative estimate of drug-likeness (QED) is 0.519. The average molecular weight is 469 g/mol. The number of nitrogens with one attached hydrogen (secondary N) is 2. The van der Waals surface area contributed by atoms with E-state index in [0.29, 0.717) is 0 Å². The van der Waals surface area contributed by atoms with Crippen molar-refractivity contribution in [2.45, 2.75) is 45.3 Å². The van der Waals surface area contributed by atoms with Crippen molar-refractivity contribution in [1.29, 1.82) is 0 Å². The number of benzene rings is 2. The Morgan fingerprint density at radius 1 is 1.00 bits per heavy atom. The Morgan fingerprint density at radius 3 is 2.06 bits per heavy atom. The lowest BCUT2D eigenvalue weighted by molar-refractivity contribution is -0.140. The molecule has 0 saturated heterocycles. The number of carboxylic acids is 1. The Bertz CT molecular complexity index is 1000. The molecule has 34 heavy (non-hydrogen) atoms. The predicted molar refractivity (Wildman–Crippen MR) is 128 cm³/mol. The molecule has 0 aliphatic heterocycles. The van der Waals surface area contributed by atoms with Gasteiger partial charge in [0.1, 0.15) is 12.6 Å². The number of aliphatic carboxylic acids is 1. The molecule has 8 nitrogen and oxygen atoms in total. The van der Waals surface area contributed by atoms with Crippen molar-refractivity contribution in [1.82, 2.24) is 10.6 Å². The third-order valence-corrected chi connectivity index (χ3v) is 5.97. The fourth-order valence-corrected chi connectivity index (χ4v) is 4.18. The normalized spacial score (nSPS) is 14.5. The average Bonchev–Trinajstić information content (AvgIpc) is 3.11. The Labute approximate surface area is 199 Å². The number of carbonyl (C=O) groups is 3. The minimum atomic E-state index is -1.02. The summed E-state index contributed by atoms with van der Waals surface area (Å²) in [5, 5.41) is 14.3. The summed E-state index contributed by atoms with van der Waals surface area (Å²) in [6.07, 6.45) is -1.60. The molecule has 0 fully saturated rings. The van der Waals surface area contributed by atoms with Crippen LogP contribution in [-0.2, 0) is 19.1 Å². The van der Waals surface area contributed by atoms with Crippen LogP contribution in [0, 0.1) is 5.41 Å². The molecular formula is C26H32N2O6. The van der Waals surface area contributed by atoms with Gasteiger partial charge in [0.25, 0.3) is 0 Å². The molecule has 3 rings (SSSR count).